The molecule has 35 heavy (non-hydrogen) atoms. The molecule has 0 amide bonds. The summed E-state index contributed by atoms with van der Waals surface area (Å²) in [4.78, 5) is 18.5. The van der Waals surface area contributed by atoms with Crippen molar-refractivity contribution in [2.75, 3.05) is 14.2 Å². The quantitative estimate of drug-likeness (QED) is 0.342. The molecule has 0 spiro atoms. The zero-order valence-corrected chi connectivity index (χ0v) is 20.5. The first-order chi connectivity index (χ1) is 16.9. The van der Waals surface area contributed by atoms with Crippen molar-refractivity contribution in [3.05, 3.63) is 91.5 Å². The van der Waals surface area contributed by atoms with Crippen molar-refractivity contribution < 1.29 is 18.6 Å². The molecule has 0 unspecified atom stereocenters. The van der Waals surface area contributed by atoms with Crippen LogP contribution in [-0.4, -0.2) is 23.6 Å². The highest BCUT2D eigenvalue weighted by Gasteiger charge is 2.16. The van der Waals surface area contributed by atoms with Gasteiger partial charge >= 0.3 is 0 Å². The second kappa shape index (κ2) is 9.03. The summed E-state index contributed by atoms with van der Waals surface area (Å²) in [7, 11) is 3.03. The molecule has 5 aromatic rings. The van der Waals surface area contributed by atoms with E-state index in [2.05, 4.69) is 4.98 Å². The summed E-state index contributed by atoms with van der Waals surface area (Å²) in [6.45, 7) is 4.07. The van der Waals surface area contributed by atoms with E-state index in [1.165, 1.54) is 31.6 Å². The van der Waals surface area contributed by atoms with Crippen LogP contribution in [-0.2, 0) is 6.61 Å². The van der Waals surface area contributed by atoms with Crippen LogP contribution in [0.3, 0.4) is 0 Å². The molecule has 5 rings (SSSR count). The average molecular weight is 491 g/mol. The maximum Gasteiger partial charge on any atom is 0.274 e. The highest BCUT2D eigenvalue weighted by Crippen LogP contribution is 2.39. The van der Waals surface area contributed by atoms with Gasteiger partial charge in [0.2, 0.25) is 5.75 Å². The summed E-state index contributed by atoms with van der Waals surface area (Å²) in [5.74, 6) is 0.837. The molecule has 0 bridgehead atoms. The molecule has 0 saturated carbocycles. The van der Waals surface area contributed by atoms with E-state index in [1.807, 2.05) is 26.0 Å². The molecular formula is C27H23FN2O4S. The van der Waals surface area contributed by atoms with Gasteiger partial charge in [-0.2, -0.15) is 0 Å². The van der Waals surface area contributed by atoms with Gasteiger partial charge in [0, 0.05) is 5.56 Å². The third kappa shape index (κ3) is 4.10. The number of aromatic nitrogens is 2. The van der Waals surface area contributed by atoms with Crippen molar-refractivity contribution in [1.82, 2.24) is 9.38 Å². The lowest BCUT2D eigenvalue weighted by Gasteiger charge is -2.15. The number of hydrogen-bond acceptors (Lipinski definition) is 6. The summed E-state index contributed by atoms with van der Waals surface area (Å²) in [5.41, 5.74) is 4.85. The summed E-state index contributed by atoms with van der Waals surface area (Å²) in [6.07, 6.45) is 1.78. The SMILES string of the molecule is COc1cc(C=c2sc3nc4cc(C)c(C)cc4n3c2=O)cc(OC)c1OCc1ccccc1F. The first-order valence-corrected chi connectivity index (χ1v) is 11.8. The molecule has 0 aliphatic heterocycles. The smallest absolute Gasteiger partial charge is 0.274 e. The van der Waals surface area contributed by atoms with Crippen molar-refractivity contribution in [2.45, 2.75) is 20.5 Å². The number of nitrogens with zero attached hydrogens (tertiary/aromatic N) is 2. The lowest BCUT2D eigenvalue weighted by atomic mass is 10.1. The Morgan fingerprint density at radius 3 is 2.40 bits per heavy atom. The van der Waals surface area contributed by atoms with Crippen LogP contribution in [0.1, 0.15) is 22.3 Å². The van der Waals surface area contributed by atoms with Crippen LogP contribution in [0, 0.1) is 19.7 Å². The lowest BCUT2D eigenvalue weighted by molar-refractivity contribution is 0.262. The Morgan fingerprint density at radius 1 is 1.03 bits per heavy atom. The molecular weight excluding hydrogens is 467 g/mol. The zero-order chi connectivity index (χ0) is 24.7. The molecule has 2 aromatic heterocycles. The van der Waals surface area contributed by atoms with E-state index in [4.69, 9.17) is 14.2 Å². The maximum absolute atomic E-state index is 14.0. The van der Waals surface area contributed by atoms with Gasteiger partial charge in [-0.3, -0.25) is 4.79 Å². The van der Waals surface area contributed by atoms with Crippen LogP contribution in [0.25, 0.3) is 22.1 Å². The number of imidazole rings is 1. The summed E-state index contributed by atoms with van der Waals surface area (Å²) >= 11 is 1.33. The highest BCUT2D eigenvalue weighted by atomic mass is 32.1. The first-order valence-electron chi connectivity index (χ1n) is 11.0. The maximum atomic E-state index is 14.0. The molecule has 3 aromatic carbocycles. The predicted octanol–water partition coefficient (Wildman–Crippen LogP) is 4.81. The molecule has 178 valence electrons. The van der Waals surface area contributed by atoms with Crippen LogP contribution < -0.4 is 24.3 Å². The number of ether oxygens (including phenoxy) is 3. The van der Waals surface area contributed by atoms with Crippen LogP contribution in [0.4, 0.5) is 4.39 Å². The number of aryl methyl sites for hydroxylation is 2. The van der Waals surface area contributed by atoms with E-state index in [9.17, 15) is 9.18 Å². The second-order valence-electron chi connectivity index (χ2n) is 8.21. The molecule has 8 heteroatoms. The Balaban J connectivity index is 1.56. The number of rotatable bonds is 6. The number of benzene rings is 3. The van der Waals surface area contributed by atoms with Gasteiger partial charge in [0.15, 0.2) is 16.5 Å². The van der Waals surface area contributed by atoms with Gasteiger partial charge in [0.25, 0.3) is 5.56 Å². The largest absolute Gasteiger partial charge is 0.493 e. The van der Waals surface area contributed by atoms with E-state index < -0.39 is 0 Å². The van der Waals surface area contributed by atoms with Gasteiger partial charge in [-0.15, -0.1) is 0 Å². The Labute approximate surface area is 204 Å². The lowest BCUT2D eigenvalue weighted by Crippen LogP contribution is -2.22. The van der Waals surface area contributed by atoms with Crippen LogP contribution in [0.5, 0.6) is 17.2 Å². The van der Waals surface area contributed by atoms with Crippen molar-refractivity contribution in [2.24, 2.45) is 0 Å². The number of halogens is 1. The summed E-state index contributed by atoms with van der Waals surface area (Å²) in [6, 6.07) is 13.9. The van der Waals surface area contributed by atoms with Crippen LogP contribution in [0.15, 0.2) is 53.3 Å². The molecule has 0 atom stereocenters. The minimum absolute atomic E-state index is 0.0151. The van der Waals surface area contributed by atoms with Crippen molar-refractivity contribution in [3.63, 3.8) is 0 Å². The predicted molar refractivity (Wildman–Crippen MR) is 135 cm³/mol. The minimum atomic E-state index is -0.348. The van der Waals surface area contributed by atoms with Gasteiger partial charge < -0.3 is 14.2 Å². The Kier molecular flexibility index (Phi) is 5.90. The van der Waals surface area contributed by atoms with E-state index in [-0.39, 0.29) is 18.0 Å². The number of thiazole rings is 1. The summed E-state index contributed by atoms with van der Waals surface area (Å²) < 4.78 is 33.1. The van der Waals surface area contributed by atoms with Crippen molar-refractivity contribution in [3.8, 4) is 17.2 Å². The molecule has 0 aliphatic carbocycles. The molecule has 2 heterocycles. The fourth-order valence-electron chi connectivity index (χ4n) is 3.96. The van der Waals surface area contributed by atoms with Gasteiger partial charge in [-0.1, -0.05) is 29.5 Å². The Morgan fingerprint density at radius 2 is 1.71 bits per heavy atom. The van der Waals surface area contributed by atoms with E-state index >= 15 is 0 Å². The van der Waals surface area contributed by atoms with E-state index in [1.54, 1.807) is 40.8 Å². The highest BCUT2D eigenvalue weighted by molar-refractivity contribution is 7.15. The van der Waals surface area contributed by atoms with Gasteiger partial charge in [0.05, 0.1) is 29.8 Å². The third-order valence-electron chi connectivity index (χ3n) is 5.96. The standard InChI is InChI=1S/C27H23FN2O4S/c1-15-9-20-21(10-16(15)2)30-26(31)24(35-27(30)29-20)13-17-11-22(32-3)25(23(12-17)33-4)34-14-18-7-5-6-8-19(18)28/h5-13H,14H2,1-4H3. The minimum Gasteiger partial charge on any atom is -0.493 e. The molecule has 0 fully saturated rings. The number of hydrogen-bond donors (Lipinski definition) is 0. The average Bonchev–Trinajstić information content (AvgIpc) is 3.34. The van der Waals surface area contributed by atoms with Gasteiger partial charge in [-0.25, -0.2) is 13.8 Å². The van der Waals surface area contributed by atoms with Crippen molar-refractivity contribution in [1.29, 1.82) is 0 Å². The fraction of sp³-hybridized carbons (Fsp3) is 0.185. The molecule has 6 nitrogen and oxygen atoms in total. The monoisotopic (exact) mass is 490 g/mol. The third-order valence-corrected chi connectivity index (χ3v) is 6.93. The van der Waals surface area contributed by atoms with E-state index in [0.29, 0.717) is 37.9 Å². The molecule has 0 radical (unpaired) electrons. The molecule has 0 saturated heterocycles. The Hall–Kier alpha value is -3.91. The molecule has 0 aliphatic rings. The molecule has 0 N–H and O–H groups in total. The number of fused-ring (bicyclic) bond motifs is 3. The van der Waals surface area contributed by atoms with Crippen molar-refractivity contribution >= 4 is 33.4 Å². The van der Waals surface area contributed by atoms with Gasteiger partial charge in [0.1, 0.15) is 12.4 Å². The second-order valence-corrected chi connectivity index (χ2v) is 9.21. The fourth-order valence-corrected chi connectivity index (χ4v) is 4.95. The normalized spacial score (nSPS) is 12.0. The Bertz CT molecular complexity index is 1660. The van der Waals surface area contributed by atoms with E-state index in [0.717, 1.165) is 22.2 Å². The van der Waals surface area contributed by atoms with Crippen LogP contribution >= 0.6 is 11.3 Å². The first kappa shape index (κ1) is 22.9. The van der Waals surface area contributed by atoms with Crippen LogP contribution in [0.2, 0.25) is 0 Å². The zero-order valence-electron chi connectivity index (χ0n) is 19.7. The van der Waals surface area contributed by atoms with Gasteiger partial charge in [-0.05, 0) is 66.9 Å². The number of methoxy groups -OCH3 is 2. The topological polar surface area (TPSA) is 62.1 Å². The summed E-state index contributed by atoms with van der Waals surface area (Å²) in [5, 5.41) is 0.